The van der Waals surface area contributed by atoms with Gasteiger partial charge in [-0.1, -0.05) is 94.9 Å². The minimum atomic E-state index is -0.308. The summed E-state index contributed by atoms with van der Waals surface area (Å²) in [6.45, 7) is 0. The lowest BCUT2D eigenvalue weighted by atomic mass is 9.93. The molecule has 0 aliphatic carbocycles. The first-order chi connectivity index (χ1) is 12.5. The fraction of sp³-hybridized carbons (Fsp3) is 0. The Labute approximate surface area is 170 Å². The van der Waals surface area contributed by atoms with Crippen LogP contribution in [0.4, 0.5) is 0 Å². The monoisotopic (exact) mass is 418 g/mol. The van der Waals surface area contributed by atoms with Gasteiger partial charge in [0.2, 0.25) is 0 Å². The number of hydrogen-bond acceptors (Lipinski definition) is 1. The summed E-state index contributed by atoms with van der Waals surface area (Å²) in [4.78, 5) is 13.5. The molecule has 1 nitrogen and oxygen atoms in total. The van der Waals surface area contributed by atoms with Crippen molar-refractivity contribution in [3.05, 3.63) is 91.9 Å². The molecule has 0 radical (unpaired) electrons. The van der Waals surface area contributed by atoms with Crippen LogP contribution in [-0.4, -0.2) is 5.78 Å². The van der Waals surface area contributed by atoms with E-state index in [0.717, 1.165) is 10.8 Å². The van der Waals surface area contributed by atoms with Crippen LogP contribution >= 0.6 is 46.4 Å². The highest BCUT2D eigenvalue weighted by Gasteiger charge is 2.24. The molecule has 0 bridgehead atoms. The molecule has 0 amide bonds. The molecule has 0 aliphatic rings. The number of carbonyl (C=O) groups excluding carboxylic acids is 1. The van der Waals surface area contributed by atoms with E-state index in [1.54, 1.807) is 12.1 Å². The number of fused-ring (bicyclic) bond motifs is 2. The Balaban J connectivity index is 2.10. The van der Waals surface area contributed by atoms with Gasteiger partial charge in [0.25, 0.3) is 0 Å². The maximum Gasteiger partial charge on any atom is 0.197 e. The lowest BCUT2D eigenvalue weighted by Gasteiger charge is -2.14. The van der Waals surface area contributed by atoms with Gasteiger partial charge in [0.15, 0.2) is 5.78 Å². The van der Waals surface area contributed by atoms with Crippen LogP contribution in [0.3, 0.4) is 0 Å². The molecule has 0 saturated carbocycles. The number of rotatable bonds is 2. The fourth-order valence-electron chi connectivity index (χ4n) is 3.15. The molecule has 26 heavy (non-hydrogen) atoms. The molecule has 0 spiro atoms. The van der Waals surface area contributed by atoms with Gasteiger partial charge in [-0.2, -0.15) is 0 Å². The highest BCUT2D eigenvalue weighted by Crippen LogP contribution is 2.39. The van der Waals surface area contributed by atoms with Crippen molar-refractivity contribution in [2.75, 3.05) is 0 Å². The topological polar surface area (TPSA) is 17.1 Å². The molecule has 0 N–H and O–H groups in total. The van der Waals surface area contributed by atoms with E-state index in [1.165, 1.54) is 0 Å². The first-order valence-corrected chi connectivity index (χ1v) is 9.28. The van der Waals surface area contributed by atoms with Gasteiger partial charge in [-0.15, -0.1) is 0 Å². The van der Waals surface area contributed by atoms with Gasteiger partial charge >= 0.3 is 0 Å². The second-order valence-corrected chi connectivity index (χ2v) is 7.44. The third-order valence-corrected chi connectivity index (χ3v) is 5.91. The Kier molecular flexibility index (Phi) is 4.58. The molecule has 0 aliphatic heterocycles. The fourth-order valence-corrected chi connectivity index (χ4v) is 4.05. The number of benzene rings is 4. The van der Waals surface area contributed by atoms with Crippen LogP contribution in [0, 0.1) is 0 Å². The zero-order chi connectivity index (χ0) is 18.4. The largest absolute Gasteiger partial charge is 0.288 e. The molecule has 128 valence electrons. The van der Waals surface area contributed by atoms with Crippen molar-refractivity contribution in [1.82, 2.24) is 0 Å². The smallest absolute Gasteiger partial charge is 0.197 e. The molecule has 5 heteroatoms. The molecular formula is C21H10Cl4O. The van der Waals surface area contributed by atoms with E-state index in [-0.39, 0.29) is 15.8 Å². The average molecular weight is 420 g/mol. The normalized spacial score (nSPS) is 11.2. The van der Waals surface area contributed by atoms with Crippen LogP contribution in [0.1, 0.15) is 15.9 Å². The standard InChI is InChI=1S/C21H10Cl4O/c22-15-9-11-5-1-3-7-13(11)17(19(15)24)21(26)18-14-8-4-2-6-12(14)10-16(23)20(18)25/h1-10H. The highest BCUT2D eigenvalue weighted by atomic mass is 35.5. The predicted octanol–water partition coefficient (Wildman–Crippen LogP) is 7.84. The molecule has 0 saturated heterocycles. The van der Waals surface area contributed by atoms with Gasteiger partial charge in [-0.3, -0.25) is 4.79 Å². The molecule has 0 aromatic heterocycles. The minimum Gasteiger partial charge on any atom is -0.288 e. The second kappa shape index (κ2) is 6.75. The Morgan fingerprint density at radius 1 is 0.615 bits per heavy atom. The second-order valence-electron chi connectivity index (χ2n) is 5.87. The third-order valence-electron chi connectivity index (χ3n) is 4.34. The lowest BCUT2D eigenvalue weighted by molar-refractivity contribution is 0.104. The van der Waals surface area contributed by atoms with Gasteiger partial charge in [-0.05, 0) is 33.7 Å². The van der Waals surface area contributed by atoms with Crippen molar-refractivity contribution in [3.8, 4) is 0 Å². The molecule has 0 atom stereocenters. The van der Waals surface area contributed by atoms with Crippen LogP contribution in [0.2, 0.25) is 20.1 Å². The van der Waals surface area contributed by atoms with Crippen molar-refractivity contribution >= 4 is 73.7 Å². The Morgan fingerprint density at radius 3 is 1.42 bits per heavy atom. The van der Waals surface area contributed by atoms with Crippen molar-refractivity contribution in [2.45, 2.75) is 0 Å². The van der Waals surface area contributed by atoms with E-state index < -0.39 is 0 Å². The summed E-state index contributed by atoms with van der Waals surface area (Å²) in [5.74, 6) is -0.308. The van der Waals surface area contributed by atoms with E-state index >= 15 is 0 Å². The summed E-state index contributed by atoms with van der Waals surface area (Å²) in [6.07, 6.45) is 0. The van der Waals surface area contributed by atoms with E-state index in [1.807, 2.05) is 48.5 Å². The van der Waals surface area contributed by atoms with Crippen LogP contribution in [0.25, 0.3) is 21.5 Å². The van der Waals surface area contributed by atoms with Crippen LogP contribution < -0.4 is 0 Å². The maximum absolute atomic E-state index is 13.5. The SMILES string of the molecule is O=C(c1c(Cl)c(Cl)cc2ccccc12)c1c(Cl)c(Cl)cc2ccccc12. The Hall–Kier alpha value is -1.77. The number of carbonyl (C=O) groups is 1. The van der Waals surface area contributed by atoms with Gasteiger partial charge in [-0.25, -0.2) is 0 Å². The number of ketones is 1. The van der Waals surface area contributed by atoms with Crippen molar-refractivity contribution < 1.29 is 4.79 Å². The minimum absolute atomic E-state index is 0.204. The highest BCUT2D eigenvalue weighted by molar-refractivity contribution is 6.49. The Bertz CT molecular complexity index is 1100. The first kappa shape index (κ1) is 17.6. The third kappa shape index (κ3) is 2.76. The maximum atomic E-state index is 13.5. The summed E-state index contributed by atoms with van der Waals surface area (Å²) >= 11 is 25.4. The van der Waals surface area contributed by atoms with Gasteiger partial charge < -0.3 is 0 Å². The van der Waals surface area contributed by atoms with Crippen molar-refractivity contribution in [3.63, 3.8) is 0 Å². The first-order valence-electron chi connectivity index (χ1n) is 7.77. The molecular weight excluding hydrogens is 410 g/mol. The number of hydrogen-bond donors (Lipinski definition) is 0. The van der Waals surface area contributed by atoms with Crippen molar-refractivity contribution in [1.29, 1.82) is 0 Å². The van der Waals surface area contributed by atoms with Crippen LogP contribution in [-0.2, 0) is 0 Å². The molecule has 0 unspecified atom stereocenters. The summed E-state index contributed by atoms with van der Waals surface area (Å²) < 4.78 is 0. The van der Waals surface area contributed by atoms with Gasteiger partial charge in [0, 0.05) is 0 Å². The molecule has 4 aromatic rings. The molecule has 0 heterocycles. The molecule has 4 aromatic carbocycles. The quantitative estimate of drug-likeness (QED) is 0.302. The summed E-state index contributed by atoms with van der Waals surface area (Å²) in [7, 11) is 0. The lowest BCUT2D eigenvalue weighted by Crippen LogP contribution is -2.06. The van der Waals surface area contributed by atoms with Crippen LogP contribution in [0.5, 0.6) is 0 Å². The predicted molar refractivity (Wildman–Crippen MR) is 111 cm³/mol. The van der Waals surface area contributed by atoms with E-state index in [2.05, 4.69) is 0 Å². The summed E-state index contributed by atoms with van der Waals surface area (Å²) in [5, 5.41) is 4.12. The zero-order valence-corrected chi connectivity index (χ0v) is 16.2. The van der Waals surface area contributed by atoms with Gasteiger partial charge in [0.1, 0.15) is 0 Å². The zero-order valence-electron chi connectivity index (χ0n) is 13.2. The summed E-state index contributed by atoms with van der Waals surface area (Å²) in [6, 6.07) is 18.4. The average Bonchev–Trinajstić information content (AvgIpc) is 2.63. The molecule has 4 rings (SSSR count). The van der Waals surface area contributed by atoms with Crippen LogP contribution in [0.15, 0.2) is 60.7 Å². The van der Waals surface area contributed by atoms with E-state index in [4.69, 9.17) is 46.4 Å². The number of halogens is 4. The van der Waals surface area contributed by atoms with E-state index in [9.17, 15) is 4.79 Å². The van der Waals surface area contributed by atoms with E-state index in [0.29, 0.717) is 31.9 Å². The van der Waals surface area contributed by atoms with Gasteiger partial charge in [0.05, 0.1) is 31.2 Å². The Morgan fingerprint density at radius 2 is 1.00 bits per heavy atom. The summed E-state index contributed by atoms with van der Waals surface area (Å²) in [5.41, 5.74) is 0.646. The van der Waals surface area contributed by atoms with Crippen molar-refractivity contribution in [2.24, 2.45) is 0 Å². The molecule has 0 fully saturated rings.